The molecule has 2 N–H and O–H groups in total. The maximum Gasteiger partial charge on any atom is 0.209 e. The van der Waals surface area contributed by atoms with Gasteiger partial charge in [0.05, 0.1) is 5.75 Å². The van der Waals surface area contributed by atoms with E-state index < -0.39 is 10.0 Å². The molecule has 5 nitrogen and oxygen atoms in total. The summed E-state index contributed by atoms with van der Waals surface area (Å²) in [5.41, 5.74) is 0. The average molecular weight is 243 g/mol. The van der Waals surface area contributed by atoms with Gasteiger partial charge in [0.15, 0.2) is 11.5 Å². The van der Waals surface area contributed by atoms with Gasteiger partial charge in [0.25, 0.3) is 0 Å². The summed E-state index contributed by atoms with van der Waals surface area (Å²) in [5, 5.41) is 4.92. The van der Waals surface area contributed by atoms with Gasteiger partial charge in [0.1, 0.15) is 12.7 Å². The van der Waals surface area contributed by atoms with E-state index in [1.54, 1.807) is 6.07 Å². The van der Waals surface area contributed by atoms with Crippen molar-refractivity contribution in [3.63, 3.8) is 0 Å². The molecular formula is C10H13NO4S. The van der Waals surface area contributed by atoms with Crippen LogP contribution >= 0.6 is 0 Å². The van der Waals surface area contributed by atoms with E-state index in [0.717, 1.165) is 0 Å². The molecule has 0 radical (unpaired) electrons. The Morgan fingerprint density at radius 1 is 1.31 bits per heavy atom. The molecule has 1 aromatic rings. The molecule has 88 valence electrons. The fourth-order valence-electron chi connectivity index (χ4n) is 1.50. The molecule has 0 spiro atoms. The molecule has 1 heterocycles. The van der Waals surface area contributed by atoms with Gasteiger partial charge in [-0.2, -0.15) is 0 Å². The van der Waals surface area contributed by atoms with Crippen LogP contribution < -0.4 is 14.6 Å². The van der Waals surface area contributed by atoms with E-state index in [4.69, 9.17) is 14.6 Å². The number of hydrogen-bond donors (Lipinski definition) is 1. The lowest BCUT2D eigenvalue weighted by atomic mass is 10.2. The topological polar surface area (TPSA) is 78.6 Å². The molecule has 1 atom stereocenters. The molecule has 0 bridgehead atoms. The zero-order valence-corrected chi connectivity index (χ0v) is 9.44. The number of fused-ring (bicyclic) bond motifs is 1. The molecule has 1 aliphatic heterocycles. The van der Waals surface area contributed by atoms with Crippen LogP contribution in [0, 0.1) is 0 Å². The Morgan fingerprint density at radius 3 is 2.69 bits per heavy atom. The molecule has 0 aromatic heterocycles. The van der Waals surface area contributed by atoms with Gasteiger partial charge in [-0.05, 0) is 12.1 Å². The summed E-state index contributed by atoms with van der Waals surface area (Å²) >= 11 is 0. The van der Waals surface area contributed by atoms with Crippen molar-refractivity contribution < 1.29 is 17.9 Å². The first-order valence-electron chi connectivity index (χ1n) is 4.93. The summed E-state index contributed by atoms with van der Waals surface area (Å²) < 4.78 is 32.6. The van der Waals surface area contributed by atoms with Gasteiger partial charge in [-0.15, -0.1) is 0 Å². The smallest absolute Gasteiger partial charge is 0.209 e. The standard InChI is InChI=1S/C10H13NO4S/c11-16(12,13)6-5-8-7-14-9-3-1-2-4-10(9)15-8/h1-4,8H,5-7H2,(H2,11,12,13). The Labute approximate surface area is 94.2 Å². The largest absolute Gasteiger partial charge is 0.486 e. The number of nitrogens with two attached hydrogens (primary N) is 1. The van der Waals surface area contributed by atoms with Gasteiger partial charge >= 0.3 is 0 Å². The number of rotatable bonds is 3. The van der Waals surface area contributed by atoms with Gasteiger partial charge in [0.2, 0.25) is 10.0 Å². The lowest BCUT2D eigenvalue weighted by Gasteiger charge is -2.26. The Balaban J connectivity index is 1.98. The fraction of sp³-hybridized carbons (Fsp3) is 0.400. The Hall–Kier alpha value is -1.27. The summed E-state index contributed by atoms with van der Waals surface area (Å²) in [4.78, 5) is 0. The quantitative estimate of drug-likeness (QED) is 0.838. The fourth-order valence-corrected chi connectivity index (χ4v) is 2.09. The minimum Gasteiger partial charge on any atom is -0.486 e. The van der Waals surface area contributed by atoms with Crippen molar-refractivity contribution in [2.45, 2.75) is 12.5 Å². The van der Waals surface area contributed by atoms with Crippen molar-refractivity contribution in [1.29, 1.82) is 0 Å². The van der Waals surface area contributed by atoms with Gasteiger partial charge in [-0.3, -0.25) is 0 Å². The van der Waals surface area contributed by atoms with Crippen LogP contribution in [0.25, 0.3) is 0 Å². The predicted octanol–water partition coefficient (Wildman–Crippen LogP) is 0.505. The minimum atomic E-state index is -3.44. The SMILES string of the molecule is NS(=O)(=O)CCC1COc2ccccc2O1. The van der Waals surface area contributed by atoms with Gasteiger partial charge in [0, 0.05) is 6.42 Å². The Kier molecular flexibility index (Phi) is 3.02. The molecule has 1 aliphatic rings. The molecule has 2 rings (SSSR count). The molecular weight excluding hydrogens is 230 g/mol. The summed E-state index contributed by atoms with van der Waals surface area (Å²) in [5.74, 6) is 1.24. The molecule has 0 fully saturated rings. The van der Waals surface area contributed by atoms with E-state index in [1.807, 2.05) is 18.2 Å². The molecule has 1 unspecified atom stereocenters. The molecule has 16 heavy (non-hydrogen) atoms. The van der Waals surface area contributed by atoms with Crippen LogP contribution in [0.4, 0.5) is 0 Å². The Bertz CT molecular complexity index is 471. The highest BCUT2D eigenvalue weighted by molar-refractivity contribution is 7.89. The van der Waals surface area contributed by atoms with Gasteiger partial charge in [-0.25, -0.2) is 13.6 Å². The third-order valence-electron chi connectivity index (χ3n) is 2.29. The molecule has 0 saturated carbocycles. The van der Waals surface area contributed by atoms with E-state index in [1.165, 1.54) is 0 Å². The summed E-state index contributed by atoms with van der Waals surface area (Å²) in [6.45, 7) is 0.354. The van der Waals surface area contributed by atoms with Crippen LogP contribution in [0.1, 0.15) is 6.42 Å². The van der Waals surface area contributed by atoms with Crippen molar-refractivity contribution in [1.82, 2.24) is 0 Å². The maximum atomic E-state index is 10.8. The van der Waals surface area contributed by atoms with Crippen LogP contribution in [0.3, 0.4) is 0 Å². The van der Waals surface area contributed by atoms with E-state index in [9.17, 15) is 8.42 Å². The van der Waals surface area contributed by atoms with Crippen molar-refractivity contribution in [2.24, 2.45) is 5.14 Å². The van der Waals surface area contributed by atoms with Crippen LogP contribution in [-0.2, 0) is 10.0 Å². The first-order valence-corrected chi connectivity index (χ1v) is 6.65. The van der Waals surface area contributed by atoms with Crippen molar-refractivity contribution in [2.75, 3.05) is 12.4 Å². The highest BCUT2D eigenvalue weighted by Gasteiger charge is 2.21. The zero-order valence-electron chi connectivity index (χ0n) is 8.63. The number of sulfonamides is 1. The summed E-state index contributed by atoms with van der Waals surface area (Å²) in [6.07, 6.45) is 0.0842. The van der Waals surface area contributed by atoms with Crippen LogP contribution in [0.2, 0.25) is 0 Å². The second-order valence-corrected chi connectivity index (χ2v) is 5.39. The average Bonchev–Trinajstić information content (AvgIpc) is 2.25. The first-order chi connectivity index (χ1) is 7.54. The lowest BCUT2D eigenvalue weighted by Crippen LogP contribution is -2.32. The number of primary sulfonamides is 1. The first kappa shape index (κ1) is 11.2. The van der Waals surface area contributed by atoms with Crippen LogP contribution in [0.15, 0.2) is 24.3 Å². The lowest BCUT2D eigenvalue weighted by molar-refractivity contribution is 0.0889. The predicted molar refractivity (Wildman–Crippen MR) is 58.9 cm³/mol. The molecule has 1 aromatic carbocycles. The molecule has 6 heteroatoms. The molecule has 0 saturated heterocycles. The van der Waals surface area contributed by atoms with E-state index in [2.05, 4.69) is 0 Å². The summed E-state index contributed by atoms with van der Waals surface area (Å²) in [6, 6.07) is 7.29. The van der Waals surface area contributed by atoms with E-state index in [0.29, 0.717) is 24.5 Å². The van der Waals surface area contributed by atoms with Crippen molar-refractivity contribution in [3.8, 4) is 11.5 Å². The summed E-state index contributed by atoms with van der Waals surface area (Å²) in [7, 11) is -3.44. The van der Waals surface area contributed by atoms with E-state index in [-0.39, 0.29) is 11.9 Å². The van der Waals surface area contributed by atoms with Crippen molar-refractivity contribution in [3.05, 3.63) is 24.3 Å². The Morgan fingerprint density at radius 2 is 2.00 bits per heavy atom. The van der Waals surface area contributed by atoms with E-state index >= 15 is 0 Å². The normalized spacial score (nSPS) is 19.4. The maximum absolute atomic E-state index is 10.8. The van der Waals surface area contributed by atoms with Crippen LogP contribution in [0.5, 0.6) is 11.5 Å². The number of para-hydroxylation sites is 2. The third kappa shape index (κ3) is 2.86. The molecule has 0 aliphatic carbocycles. The van der Waals surface area contributed by atoms with Crippen LogP contribution in [-0.4, -0.2) is 26.9 Å². The second-order valence-electron chi connectivity index (χ2n) is 3.65. The second kappa shape index (κ2) is 4.31. The highest BCUT2D eigenvalue weighted by Crippen LogP contribution is 2.31. The number of benzene rings is 1. The monoisotopic (exact) mass is 243 g/mol. The van der Waals surface area contributed by atoms with Gasteiger partial charge in [-0.1, -0.05) is 12.1 Å². The number of ether oxygens (including phenoxy) is 2. The third-order valence-corrected chi connectivity index (χ3v) is 3.10. The minimum absolute atomic E-state index is 0.0941. The van der Waals surface area contributed by atoms with Crippen molar-refractivity contribution >= 4 is 10.0 Å². The molecule has 0 amide bonds. The zero-order chi connectivity index (χ0) is 11.6. The van der Waals surface area contributed by atoms with Gasteiger partial charge < -0.3 is 9.47 Å². The number of hydrogen-bond acceptors (Lipinski definition) is 4. The highest BCUT2D eigenvalue weighted by atomic mass is 32.2.